The summed E-state index contributed by atoms with van der Waals surface area (Å²) in [7, 11) is 0. The molecule has 0 aliphatic carbocycles. The molecule has 1 heterocycles. The van der Waals surface area contributed by atoms with E-state index in [2.05, 4.69) is 24.9 Å². The molecule has 2 aromatic rings. The third kappa shape index (κ3) is 2.99. The van der Waals surface area contributed by atoms with Crippen LogP contribution in [0, 0.1) is 0 Å². The second-order valence-corrected chi connectivity index (χ2v) is 4.64. The van der Waals surface area contributed by atoms with Crippen molar-refractivity contribution in [1.29, 1.82) is 0 Å². The van der Waals surface area contributed by atoms with Crippen molar-refractivity contribution >= 4 is 16.7 Å². The van der Waals surface area contributed by atoms with Gasteiger partial charge in [-0.1, -0.05) is 31.5 Å². The van der Waals surface area contributed by atoms with Crippen molar-refractivity contribution in [3.63, 3.8) is 0 Å². The second-order valence-electron chi connectivity index (χ2n) is 4.64. The molecular weight excluding hydrogens is 224 g/mol. The van der Waals surface area contributed by atoms with Crippen LogP contribution >= 0.6 is 0 Å². The van der Waals surface area contributed by atoms with E-state index in [9.17, 15) is 0 Å². The van der Waals surface area contributed by atoms with Crippen LogP contribution in [0.15, 0.2) is 30.3 Å². The highest BCUT2D eigenvalue weighted by molar-refractivity contribution is 5.81. The summed E-state index contributed by atoms with van der Waals surface area (Å²) in [6, 6.07) is 10.0. The second kappa shape index (κ2) is 5.83. The minimum atomic E-state index is 0.265. The van der Waals surface area contributed by atoms with Crippen molar-refractivity contribution in [3.05, 3.63) is 35.9 Å². The quantitative estimate of drug-likeness (QED) is 0.875. The van der Waals surface area contributed by atoms with Crippen molar-refractivity contribution in [2.45, 2.75) is 39.4 Å². The standard InChI is InChI=1S/C15H20N2O/c1-3-6-11(2)18-10-13-9-12-7-4-5-8-14(12)17-15(13)16/h4-5,7-9,11H,3,6,10H2,1-2H3,(H2,16,17). The lowest BCUT2D eigenvalue weighted by Gasteiger charge is -2.13. The SMILES string of the molecule is CCCC(C)OCc1cc2ccccc2nc1N. The average Bonchev–Trinajstić information content (AvgIpc) is 2.36. The fourth-order valence-corrected chi connectivity index (χ4v) is 2.01. The molecule has 18 heavy (non-hydrogen) atoms. The number of ether oxygens (including phenoxy) is 1. The molecule has 0 amide bonds. The molecule has 0 saturated heterocycles. The van der Waals surface area contributed by atoms with Crippen LogP contribution in [0.5, 0.6) is 0 Å². The van der Waals surface area contributed by atoms with Gasteiger partial charge in [-0.05, 0) is 25.5 Å². The van der Waals surface area contributed by atoms with Crippen LogP contribution in [0.4, 0.5) is 5.82 Å². The highest BCUT2D eigenvalue weighted by atomic mass is 16.5. The Bertz CT molecular complexity index is 525. The molecule has 1 unspecified atom stereocenters. The van der Waals surface area contributed by atoms with E-state index in [4.69, 9.17) is 10.5 Å². The topological polar surface area (TPSA) is 48.1 Å². The molecule has 0 spiro atoms. The predicted molar refractivity (Wildman–Crippen MR) is 75.3 cm³/mol. The van der Waals surface area contributed by atoms with Crippen LogP contribution in [0.1, 0.15) is 32.3 Å². The summed E-state index contributed by atoms with van der Waals surface area (Å²) in [6.45, 7) is 4.78. The number of nitrogen functional groups attached to an aromatic ring is 1. The largest absolute Gasteiger partial charge is 0.383 e. The van der Waals surface area contributed by atoms with Crippen LogP contribution in [0.3, 0.4) is 0 Å². The number of hydrogen-bond acceptors (Lipinski definition) is 3. The minimum absolute atomic E-state index is 0.265. The van der Waals surface area contributed by atoms with E-state index in [1.807, 2.05) is 24.3 Å². The van der Waals surface area contributed by atoms with E-state index in [0.717, 1.165) is 29.3 Å². The molecule has 0 aliphatic rings. The van der Waals surface area contributed by atoms with Gasteiger partial charge in [-0.25, -0.2) is 4.98 Å². The van der Waals surface area contributed by atoms with E-state index < -0.39 is 0 Å². The third-order valence-electron chi connectivity index (χ3n) is 3.05. The van der Waals surface area contributed by atoms with Gasteiger partial charge in [-0.15, -0.1) is 0 Å². The van der Waals surface area contributed by atoms with Gasteiger partial charge in [0.05, 0.1) is 18.2 Å². The number of hydrogen-bond donors (Lipinski definition) is 1. The summed E-state index contributed by atoms with van der Waals surface area (Å²) in [6.07, 6.45) is 2.47. The fraction of sp³-hybridized carbons (Fsp3) is 0.400. The molecule has 1 aromatic heterocycles. The number of fused-ring (bicyclic) bond motifs is 1. The van der Waals surface area contributed by atoms with E-state index >= 15 is 0 Å². The van der Waals surface area contributed by atoms with Crippen molar-refractivity contribution in [2.24, 2.45) is 0 Å². The van der Waals surface area contributed by atoms with Gasteiger partial charge in [0.1, 0.15) is 5.82 Å². The average molecular weight is 244 g/mol. The number of nitrogens with zero attached hydrogens (tertiary/aromatic N) is 1. The van der Waals surface area contributed by atoms with Crippen molar-refractivity contribution in [3.8, 4) is 0 Å². The van der Waals surface area contributed by atoms with E-state index in [0.29, 0.717) is 12.4 Å². The number of aromatic nitrogens is 1. The normalized spacial score (nSPS) is 12.8. The molecule has 1 aromatic carbocycles. The first kappa shape index (κ1) is 12.8. The summed E-state index contributed by atoms with van der Waals surface area (Å²) < 4.78 is 5.78. The predicted octanol–water partition coefficient (Wildman–Crippen LogP) is 3.52. The Hall–Kier alpha value is -1.61. The molecule has 96 valence electrons. The Kier molecular flexibility index (Phi) is 4.15. The Morgan fingerprint density at radius 1 is 1.33 bits per heavy atom. The molecule has 0 fully saturated rings. The molecule has 2 N–H and O–H groups in total. The first-order chi connectivity index (χ1) is 8.70. The summed E-state index contributed by atoms with van der Waals surface area (Å²) in [5, 5.41) is 1.11. The Morgan fingerprint density at radius 2 is 2.11 bits per heavy atom. The fourth-order valence-electron chi connectivity index (χ4n) is 2.01. The molecule has 3 heteroatoms. The van der Waals surface area contributed by atoms with Crippen molar-refractivity contribution in [2.75, 3.05) is 5.73 Å². The smallest absolute Gasteiger partial charge is 0.129 e. The van der Waals surface area contributed by atoms with Gasteiger partial charge in [0.25, 0.3) is 0 Å². The van der Waals surface area contributed by atoms with Gasteiger partial charge in [0.2, 0.25) is 0 Å². The minimum Gasteiger partial charge on any atom is -0.383 e. The maximum atomic E-state index is 5.96. The molecule has 0 radical (unpaired) electrons. The molecule has 0 saturated carbocycles. The lowest BCUT2D eigenvalue weighted by molar-refractivity contribution is 0.0474. The van der Waals surface area contributed by atoms with Crippen molar-refractivity contribution < 1.29 is 4.74 Å². The van der Waals surface area contributed by atoms with Gasteiger partial charge in [0.15, 0.2) is 0 Å². The Labute approximate surface area is 108 Å². The highest BCUT2D eigenvalue weighted by Crippen LogP contribution is 2.19. The van der Waals surface area contributed by atoms with Crippen LogP contribution < -0.4 is 5.73 Å². The van der Waals surface area contributed by atoms with Crippen LogP contribution in [-0.2, 0) is 11.3 Å². The van der Waals surface area contributed by atoms with Crippen molar-refractivity contribution in [1.82, 2.24) is 4.98 Å². The maximum Gasteiger partial charge on any atom is 0.129 e. The zero-order chi connectivity index (χ0) is 13.0. The molecule has 1 atom stereocenters. The van der Waals surface area contributed by atoms with E-state index in [1.54, 1.807) is 0 Å². The van der Waals surface area contributed by atoms with Gasteiger partial charge in [-0.3, -0.25) is 0 Å². The Morgan fingerprint density at radius 3 is 2.89 bits per heavy atom. The monoisotopic (exact) mass is 244 g/mol. The lowest BCUT2D eigenvalue weighted by atomic mass is 10.1. The number of rotatable bonds is 5. The van der Waals surface area contributed by atoms with Gasteiger partial charge < -0.3 is 10.5 Å². The summed E-state index contributed by atoms with van der Waals surface area (Å²) in [5.41, 5.74) is 7.86. The molecular formula is C15H20N2O. The number of anilines is 1. The molecule has 3 nitrogen and oxygen atoms in total. The van der Waals surface area contributed by atoms with Crippen LogP contribution in [0.2, 0.25) is 0 Å². The number of para-hydroxylation sites is 1. The van der Waals surface area contributed by atoms with Gasteiger partial charge in [0, 0.05) is 10.9 Å². The molecule has 0 aliphatic heterocycles. The first-order valence-corrected chi connectivity index (χ1v) is 6.46. The van der Waals surface area contributed by atoms with E-state index in [-0.39, 0.29) is 6.10 Å². The highest BCUT2D eigenvalue weighted by Gasteiger charge is 2.06. The number of nitrogens with two attached hydrogens (primary N) is 1. The zero-order valence-electron chi connectivity index (χ0n) is 11.0. The summed E-state index contributed by atoms with van der Waals surface area (Å²) >= 11 is 0. The third-order valence-corrected chi connectivity index (χ3v) is 3.05. The van der Waals surface area contributed by atoms with Gasteiger partial charge in [-0.2, -0.15) is 0 Å². The van der Waals surface area contributed by atoms with Crippen LogP contribution in [0.25, 0.3) is 10.9 Å². The van der Waals surface area contributed by atoms with Crippen LogP contribution in [-0.4, -0.2) is 11.1 Å². The summed E-state index contributed by atoms with van der Waals surface area (Å²) in [5.74, 6) is 0.567. The Balaban J connectivity index is 2.15. The number of benzene rings is 1. The maximum absolute atomic E-state index is 5.96. The van der Waals surface area contributed by atoms with E-state index in [1.165, 1.54) is 0 Å². The first-order valence-electron chi connectivity index (χ1n) is 6.46. The summed E-state index contributed by atoms with van der Waals surface area (Å²) in [4.78, 5) is 4.40. The molecule has 0 bridgehead atoms. The van der Waals surface area contributed by atoms with Gasteiger partial charge >= 0.3 is 0 Å². The lowest BCUT2D eigenvalue weighted by Crippen LogP contribution is -2.09. The number of pyridine rings is 1. The zero-order valence-corrected chi connectivity index (χ0v) is 11.0. The molecule has 2 rings (SSSR count).